The molecule has 14 unspecified atom stereocenters. The average Bonchev–Trinajstić information content (AvgIpc) is 2.93. The van der Waals surface area contributed by atoms with Crippen molar-refractivity contribution < 1.29 is 63.9 Å². The minimum Gasteiger partial charge on any atom is -0.463 e. The normalized spacial score (nSPS) is 36.2. The molecular formula is C30H54O13. The second-order valence-corrected chi connectivity index (χ2v) is 12.6. The standard InChI is InChI=1S/C30H54O13/c1-9-17-15(7)23(33)29(41-19(17)11-39-27(37)18(10-2)16(8)31)43-30-26(36)25(35)24(34)20(42-30)12-40-28(38)21(13(3)4)22(32)14(5)6/h13-26,29-36H,9-12H2,1-8H3. The van der Waals surface area contributed by atoms with Crippen molar-refractivity contribution in [2.24, 2.45) is 35.5 Å². The van der Waals surface area contributed by atoms with Crippen molar-refractivity contribution in [3.05, 3.63) is 0 Å². The Labute approximate surface area is 254 Å². The Hall–Kier alpha value is -1.42. The first kappa shape index (κ1) is 37.8. The number of rotatable bonds is 14. The van der Waals surface area contributed by atoms with Gasteiger partial charge in [-0.2, -0.15) is 0 Å². The molecule has 43 heavy (non-hydrogen) atoms. The van der Waals surface area contributed by atoms with E-state index in [1.807, 2.05) is 6.92 Å². The summed E-state index contributed by atoms with van der Waals surface area (Å²) in [6.07, 6.45) is -12.1. The number of aliphatic hydroxyl groups is 6. The zero-order valence-electron chi connectivity index (χ0n) is 26.6. The summed E-state index contributed by atoms with van der Waals surface area (Å²) in [4.78, 5) is 25.4. The molecule has 0 aliphatic carbocycles. The maximum Gasteiger partial charge on any atom is 0.311 e. The third-order valence-corrected chi connectivity index (χ3v) is 8.83. The van der Waals surface area contributed by atoms with E-state index in [9.17, 15) is 40.2 Å². The molecule has 2 rings (SSSR count). The van der Waals surface area contributed by atoms with Crippen LogP contribution in [0.5, 0.6) is 0 Å². The molecule has 0 aromatic rings. The maximum absolute atomic E-state index is 12.8. The van der Waals surface area contributed by atoms with Gasteiger partial charge >= 0.3 is 11.9 Å². The molecule has 252 valence electrons. The Kier molecular flexibility index (Phi) is 14.7. The maximum atomic E-state index is 12.8. The molecule has 0 radical (unpaired) electrons. The van der Waals surface area contributed by atoms with Crippen LogP contribution in [0.25, 0.3) is 0 Å². The average molecular weight is 623 g/mol. The second kappa shape index (κ2) is 16.8. The molecule has 0 spiro atoms. The first-order valence-corrected chi connectivity index (χ1v) is 15.4. The van der Waals surface area contributed by atoms with Gasteiger partial charge in [0.1, 0.15) is 43.7 Å². The van der Waals surface area contributed by atoms with E-state index in [1.54, 1.807) is 41.5 Å². The number of hydrogen-bond donors (Lipinski definition) is 6. The summed E-state index contributed by atoms with van der Waals surface area (Å²) in [6, 6.07) is 0. The summed E-state index contributed by atoms with van der Waals surface area (Å²) >= 11 is 0. The van der Waals surface area contributed by atoms with Crippen molar-refractivity contribution in [2.45, 2.75) is 130 Å². The number of aliphatic hydroxyl groups excluding tert-OH is 6. The highest BCUT2D eigenvalue weighted by atomic mass is 16.8. The molecule has 0 aromatic heterocycles. The minimum absolute atomic E-state index is 0.162. The highest BCUT2D eigenvalue weighted by Crippen LogP contribution is 2.36. The zero-order chi connectivity index (χ0) is 32.8. The molecule has 2 aliphatic heterocycles. The van der Waals surface area contributed by atoms with E-state index in [2.05, 4.69) is 0 Å². The summed E-state index contributed by atoms with van der Waals surface area (Å²) in [6.45, 7) is 13.4. The molecule has 0 amide bonds. The van der Waals surface area contributed by atoms with E-state index >= 15 is 0 Å². The van der Waals surface area contributed by atoms with Gasteiger partial charge in [0.05, 0.1) is 30.1 Å². The van der Waals surface area contributed by atoms with Crippen LogP contribution in [-0.2, 0) is 33.3 Å². The molecule has 2 fully saturated rings. The second-order valence-electron chi connectivity index (χ2n) is 12.6. The van der Waals surface area contributed by atoms with Crippen LogP contribution in [0.15, 0.2) is 0 Å². The first-order valence-electron chi connectivity index (χ1n) is 15.4. The van der Waals surface area contributed by atoms with Gasteiger partial charge in [-0.1, -0.05) is 54.9 Å². The summed E-state index contributed by atoms with van der Waals surface area (Å²) in [7, 11) is 0. The largest absolute Gasteiger partial charge is 0.463 e. The molecule has 6 N–H and O–H groups in total. The van der Waals surface area contributed by atoms with Crippen LogP contribution in [0.2, 0.25) is 0 Å². The van der Waals surface area contributed by atoms with E-state index < -0.39 is 91.8 Å². The molecule has 13 nitrogen and oxygen atoms in total. The monoisotopic (exact) mass is 622 g/mol. The van der Waals surface area contributed by atoms with Gasteiger partial charge in [0.2, 0.25) is 0 Å². The molecule has 2 heterocycles. The Morgan fingerprint density at radius 2 is 1.28 bits per heavy atom. The SMILES string of the molecule is CCC(C(=O)OCC1OC(OC2OC(COC(=O)C(C(C)C)C(O)C(C)C)C(O)C(O)C2O)C(O)C(C)C1CC)C(C)O. The molecular weight excluding hydrogens is 568 g/mol. The van der Waals surface area contributed by atoms with Gasteiger partial charge < -0.3 is 54.3 Å². The third kappa shape index (κ3) is 9.30. The molecule has 13 heteroatoms. The fourth-order valence-electron chi connectivity index (χ4n) is 5.86. The molecule has 0 saturated carbocycles. The van der Waals surface area contributed by atoms with Crippen LogP contribution in [0, 0.1) is 35.5 Å². The quantitative estimate of drug-likeness (QED) is 0.145. The van der Waals surface area contributed by atoms with Crippen molar-refractivity contribution in [2.75, 3.05) is 13.2 Å². The summed E-state index contributed by atoms with van der Waals surface area (Å²) in [5.41, 5.74) is 0. The fraction of sp³-hybridized carbons (Fsp3) is 0.933. The molecule has 0 bridgehead atoms. The number of ether oxygens (including phenoxy) is 5. The van der Waals surface area contributed by atoms with Gasteiger partial charge in [0.25, 0.3) is 0 Å². The Morgan fingerprint density at radius 3 is 1.79 bits per heavy atom. The van der Waals surface area contributed by atoms with Crippen LogP contribution < -0.4 is 0 Å². The van der Waals surface area contributed by atoms with Crippen LogP contribution in [0.1, 0.15) is 68.2 Å². The van der Waals surface area contributed by atoms with Gasteiger partial charge in [-0.25, -0.2) is 0 Å². The lowest BCUT2D eigenvalue weighted by Gasteiger charge is -2.46. The van der Waals surface area contributed by atoms with Crippen molar-refractivity contribution in [3.8, 4) is 0 Å². The predicted molar refractivity (Wildman–Crippen MR) is 152 cm³/mol. The topological polar surface area (TPSA) is 202 Å². The van der Waals surface area contributed by atoms with Crippen molar-refractivity contribution in [3.63, 3.8) is 0 Å². The van der Waals surface area contributed by atoms with Crippen molar-refractivity contribution in [1.82, 2.24) is 0 Å². The fourth-order valence-corrected chi connectivity index (χ4v) is 5.86. The summed E-state index contributed by atoms with van der Waals surface area (Å²) < 4.78 is 28.3. The van der Waals surface area contributed by atoms with E-state index in [4.69, 9.17) is 23.7 Å². The van der Waals surface area contributed by atoms with Gasteiger partial charge in [-0.05, 0) is 37.0 Å². The Bertz CT molecular complexity index is 867. The van der Waals surface area contributed by atoms with Gasteiger partial charge in [-0.15, -0.1) is 0 Å². The van der Waals surface area contributed by atoms with Crippen LogP contribution in [-0.4, -0.2) is 117 Å². The van der Waals surface area contributed by atoms with E-state index in [1.165, 1.54) is 6.92 Å². The van der Waals surface area contributed by atoms with Crippen LogP contribution >= 0.6 is 0 Å². The minimum atomic E-state index is -1.74. The Balaban J connectivity index is 2.13. The number of carbonyl (C=O) groups is 2. The summed E-state index contributed by atoms with van der Waals surface area (Å²) in [5.74, 6) is -3.87. The van der Waals surface area contributed by atoms with Gasteiger partial charge in [-0.3, -0.25) is 9.59 Å². The number of hydrogen-bond acceptors (Lipinski definition) is 13. The molecule has 0 aromatic carbocycles. The van der Waals surface area contributed by atoms with Crippen molar-refractivity contribution >= 4 is 11.9 Å². The van der Waals surface area contributed by atoms with E-state index in [0.717, 1.165) is 0 Å². The van der Waals surface area contributed by atoms with Gasteiger partial charge in [0, 0.05) is 0 Å². The van der Waals surface area contributed by atoms with Gasteiger partial charge in [0.15, 0.2) is 12.6 Å². The van der Waals surface area contributed by atoms with Crippen LogP contribution in [0.4, 0.5) is 0 Å². The third-order valence-electron chi connectivity index (χ3n) is 8.83. The molecule has 2 aliphatic rings. The smallest absolute Gasteiger partial charge is 0.311 e. The van der Waals surface area contributed by atoms with Crippen LogP contribution in [0.3, 0.4) is 0 Å². The lowest BCUT2D eigenvalue weighted by molar-refractivity contribution is -0.370. The molecule has 2 saturated heterocycles. The van der Waals surface area contributed by atoms with E-state index in [0.29, 0.717) is 12.8 Å². The van der Waals surface area contributed by atoms with Crippen molar-refractivity contribution in [1.29, 1.82) is 0 Å². The highest BCUT2D eigenvalue weighted by Gasteiger charge is 2.49. The Morgan fingerprint density at radius 1 is 0.744 bits per heavy atom. The molecule has 14 atom stereocenters. The first-order chi connectivity index (χ1) is 20.1. The lowest BCUT2D eigenvalue weighted by Crippen LogP contribution is -2.62. The lowest BCUT2D eigenvalue weighted by atomic mass is 9.80. The number of carbonyl (C=O) groups excluding carboxylic acids is 2. The predicted octanol–water partition coefficient (Wildman–Crippen LogP) is 0.341. The highest BCUT2D eigenvalue weighted by molar-refractivity contribution is 5.73. The number of esters is 2. The zero-order valence-corrected chi connectivity index (χ0v) is 26.6. The van der Waals surface area contributed by atoms with E-state index in [-0.39, 0.29) is 30.3 Å². The summed E-state index contributed by atoms with van der Waals surface area (Å²) in [5, 5.41) is 63.1.